The van der Waals surface area contributed by atoms with Crippen LogP contribution in [0.5, 0.6) is 0 Å². The lowest BCUT2D eigenvalue weighted by Crippen LogP contribution is -2.07. The summed E-state index contributed by atoms with van der Waals surface area (Å²) in [6.45, 7) is 4.34. The maximum atomic E-state index is 4.47. The van der Waals surface area contributed by atoms with Crippen LogP contribution in [0, 0.1) is 0 Å². The highest BCUT2D eigenvalue weighted by Crippen LogP contribution is 2.27. The van der Waals surface area contributed by atoms with Gasteiger partial charge in [0, 0.05) is 16.5 Å². The van der Waals surface area contributed by atoms with Gasteiger partial charge in [-0.15, -0.1) is 0 Å². The molecule has 0 saturated heterocycles. The molecule has 0 fully saturated rings. The molecular formula is C14H15N4+. The molecule has 2 N–H and O–H groups in total. The Bertz CT molecular complexity index is 685. The molecule has 2 heterocycles. The van der Waals surface area contributed by atoms with Crippen molar-refractivity contribution in [3.8, 4) is 11.3 Å². The van der Waals surface area contributed by atoms with Gasteiger partial charge in [-0.2, -0.15) is 5.10 Å². The second-order valence-corrected chi connectivity index (χ2v) is 4.70. The molecule has 0 bridgehead atoms. The molecule has 0 saturated carbocycles. The van der Waals surface area contributed by atoms with Crippen LogP contribution in [0.15, 0.2) is 36.9 Å². The van der Waals surface area contributed by atoms with E-state index in [1.165, 1.54) is 5.56 Å². The van der Waals surface area contributed by atoms with Gasteiger partial charge in [0.25, 0.3) is 6.33 Å². The van der Waals surface area contributed by atoms with E-state index in [1.54, 1.807) is 6.33 Å². The predicted octanol–water partition coefficient (Wildman–Crippen LogP) is 2.56. The van der Waals surface area contributed by atoms with Crippen LogP contribution >= 0.6 is 0 Å². The molecule has 0 aliphatic heterocycles. The Morgan fingerprint density at radius 2 is 2.17 bits per heavy atom. The number of fused-ring (bicyclic) bond motifs is 1. The van der Waals surface area contributed by atoms with Crippen LogP contribution in [0.2, 0.25) is 0 Å². The van der Waals surface area contributed by atoms with E-state index in [9.17, 15) is 0 Å². The Balaban J connectivity index is 2.19. The summed E-state index contributed by atoms with van der Waals surface area (Å²) in [6, 6.07) is 6.25. The van der Waals surface area contributed by atoms with E-state index >= 15 is 0 Å². The topological polar surface area (TPSA) is 55.7 Å². The molecule has 0 amide bonds. The van der Waals surface area contributed by atoms with E-state index in [4.69, 9.17) is 0 Å². The Hall–Kier alpha value is -2.23. The smallest absolute Gasteiger partial charge is 0.278 e. The van der Waals surface area contributed by atoms with Gasteiger partial charge in [-0.1, -0.05) is 19.9 Å². The second-order valence-electron chi connectivity index (χ2n) is 4.70. The molecular weight excluding hydrogens is 224 g/mol. The Labute approximate surface area is 105 Å². The fourth-order valence-electron chi connectivity index (χ4n) is 2.14. The molecule has 0 atom stereocenters. The third-order valence-electron chi connectivity index (χ3n) is 3.12. The summed E-state index contributed by atoms with van der Waals surface area (Å²) in [5.74, 6) is 0.433. The number of aromatic amines is 2. The van der Waals surface area contributed by atoms with Crippen LogP contribution in [0.4, 0.5) is 0 Å². The summed E-state index contributed by atoms with van der Waals surface area (Å²) in [7, 11) is 0. The Morgan fingerprint density at radius 3 is 3.00 bits per heavy atom. The van der Waals surface area contributed by atoms with Gasteiger partial charge in [-0.25, -0.2) is 0 Å². The summed E-state index contributed by atoms with van der Waals surface area (Å²) >= 11 is 0. The SMILES string of the molecule is CC(C)c1c[nH+]cnc1-c1ccc2cn[nH]c2c1. The number of rotatable bonds is 2. The van der Waals surface area contributed by atoms with Crippen LogP contribution in [0.1, 0.15) is 25.3 Å². The van der Waals surface area contributed by atoms with Gasteiger partial charge in [0.15, 0.2) is 5.69 Å². The minimum absolute atomic E-state index is 0.433. The van der Waals surface area contributed by atoms with Gasteiger partial charge in [0.05, 0.1) is 17.9 Å². The van der Waals surface area contributed by atoms with E-state index in [2.05, 4.69) is 52.2 Å². The first-order valence-electron chi connectivity index (χ1n) is 6.05. The molecule has 0 aliphatic rings. The van der Waals surface area contributed by atoms with Crippen molar-refractivity contribution in [2.24, 2.45) is 0 Å². The van der Waals surface area contributed by atoms with Crippen molar-refractivity contribution in [2.45, 2.75) is 19.8 Å². The predicted molar refractivity (Wildman–Crippen MR) is 70.0 cm³/mol. The van der Waals surface area contributed by atoms with Crippen molar-refractivity contribution >= 4 is 10.9 Å². The maximum Gasteiger partial charge on any atom is 0.284 e. The second kappa shape index (κ2) is 4.22. The lowest BCUT2D eigenvalue weighted by molar-refractivity contribution is -0.383. The van der Waals surface area contributed by atoms with Gasteiger partial charge in [0.1, 0.15) is 0 Å². The molecule has 4 heteroatoms. The molecule has 90 valence electrons. The zero-order chi connectivity index (χ0) is 12.5. The van der Waals surface area contributed by atoms with Crippen molar-refractivity contribution in [1.29, 1.82) is 0 Å². The van der Waals surface area contributed by atoms with Crippen molar-refractivity contribution in [1.82, 2.24) is 15.2 Å². The molecule has 3 rings (SSSR count). The monoisotopic (exact) mass is 239 g/mol. The fraction of sp³-hybridized carbons (Fsp3) is 0.214. The van der Waals surface area contributed by atoms with Crippen LogP contribution in [-0.4, -0.2) is 15.2 Å². The molecule has 0 radical (unpaired) electrons. The highest BCUT2D eigenvalue weighted by atomic mass is 15.1. The van der Waals surface area contributed by atoms with Gasteiger partial charge >= 0.3 is 0 Å². The number of benzene rings is 1. The maximum absolute atomic E-state index is 4.47. The molecule has 4 nitrogen and oxygen atoms in total. The molecule has 0 unspecified atom stereocenters. The minimum Gasteiger partial charge on any atom is -0.278 e. The average molecular weight is 239 g/mol. The molecule has 0 aliphatic carbocycles. The van der Waals surface area contributed by atoms with E-state index in [0.29, 0.717) is 5.92 Å². The van der Waals surface area contributed by atoms with Crippen molar-refractivity contribution in [3.05, 3.63) is 42.5 Å². The van der Waals surface area contributed by atoms with Gasteiger partial charge in [-0.3, -0.25) is 10.1 Å². The highest BCUT2D eigenvalue weighted by Gasteiger charge is 2.15. The molecule has 3 aromatic rings. The first-order valence-corrected chi connectivity index (χ1v) is 6.05. The zero-order valence-electron chi connectivity index (χ0n) is 10.4. The number of nitrogens with zero attached hydrogens (tertiary/aromatic N) is 2. The Kier molecular flexibility index (Phi) is 2.55. The summed E-state index contributed by atoms with van der Waals surface area (Å²) in [4.78, 5) is 7.52. The van der Waals surface area contributed by atoms with E-state index in [-0.39, 0.29) is 0 Å². The quantitative estimate of drug-likeness (QED) is 0.747. The third kappa shape index (κ3) is 1.76. The standard InChI is InChI=1S/C14H14N4/c1-9(2)12-7-15-8-16-14(12)10-3-4-11-6-17-18-13(11)5-10/h3-9H,1-2H3,(H,17,18)/p+1. The van der Waals surface area contributed by atoms with Crippen molar-refractivity contribution in [2.75, 3.05) is 0 Å². The normalized spacial score (nSPS) is 11.3. The number of hydrogen-bond donors (Lipinski definition) is 1. The highest BCUT2D eigenvalue weighted by molar-refractivity contribution is 5.83. The fourth-order valence-corrected chi connectivity index (χ4v) is 2.14. The van der Waals surface area contributed by atoms with Crippen LogP contribution in [0.3, 0.4) is 0 Å². The van der Waals surface area contributed by atoms with Crippen molar-refractivity contribution < 1.29 is 4.98 Å². The number of nitrogens with one attached hydrogen (secondary N) is 2. The largest absolute Gasteiger partial charge is 0.284 e. The van der Waals surface area contributed by atoms with E-state index in [1.807, 2.05) is 12.4 Å². The third-order valence-corrected chi connectivity index (χ3v) is 3.12. The lowest BCUT2D eigenvalue weighted by atomic mass is 9.98. The molecule has 0 spiro atoms. The minimum atomic E-state index is 0.433. The van der Waals surface area contributed by atoms with Crippen molar-refractivity contribution in [3.63, 3.8) is 0 Å². The summed E-state index contributed by atoms with van der Waals surface area (Å²) in [6.07, 6.45) is 5.57. The lowest BCUT2D eigenvalue weighted by Gasteiger charge is -2.06. The first kappa shape index (κ1) is 10.9. The van der Waals surface area contributed by atoms with Crippen LogP contribution in [-0.2, 0) is 0 Å². The zero-order valence-corrected chi connectivity index (χ0v) is 10.4. The summed E-state index contributed by atoms with van der Waals surface area (Å²) < 4.78 is 0. The van der Waals surface area contributed by atoms with Gasteiger partial charge < -0.3 is 0 Å². The molecule has 1 aromatic carbocycles. The van der Waals surface area contributed by atoms with Gasteiger partial charge in [0.2, 0.25) is 0 Å². The van der Waals surface area contributed by atoms with Crippen LogP contribution in [0.25, 0.3) is 22.2 Å². The average Bonchev–Trinajstić information content (AvgIpc) is 2.85. The van der Waals surface area contributed by atoms with E-state index < -0.39 is 0 Å². The Morgan fingerprint density at radius 1 is 1.28 bits per heavy atom. The summed E-state index contributed by atoms with van der Waals surface area (Å²) in [5.41, 5.74) is 4.40. The summed E-state index contributed by atoms with van der Waals surface area (Å²) in [5, 5.41) is 8.15. The van der Waals surface area contributed by atoms with E-state index in [0.717, 1.165) is 22.2 Å². The first-order chi connectivity index (χ1) is 8.75. The number of H-pyrrole nitrogens is 2. The molecule has 18 heavy (non-hydrogen) atoms. The number of aromatic nitrogens is 4. The number of hydrogen-bond acceptors (Lipinski definition) is 2. The molecule has 2 aromatic heterocycles. The van der Waals surface area contributed by atoms with Gasteiger partial charge in [-0.05, 0) is 23.0 Å². The van der Waals surface area contributed by atoms with Crippen LogP contribution < -0.4 is 4.98 Å².